The smallest absolute Gasteiger partial charge is 0.160 e. The third-order valence-corrected chi connectivity index (χ3v) is 5.49. The van der Waals surface area contributed by atoms with E-state index in [1.54, 1.807) is 0 Å². The minimum absolute atomic E-state index is 0.160. The molecule has 2 N–H and O–H groups in total. The number of hydrogen-bond donors (Lipinski definition) is 2. The minimum atomic E-state index is -0.842. The van der Waals surface area contributed by atoms with Crippen LogP contribution in [0.3, 0.4) is 0 Å². The lowest BCUT2D eigenvalue weighted by Gasteiger charge is -2.17. The Morgan fingerprint density at radius 1 is 1.08 bits per heavy atom. The zero-order valence-electron chi connectivity index (χ0n) is 12.9. The van der Waals surface area contributed by atoms with Crippen LogP contribution < -0.4 is 0 Å². The van der Waals surface area contributed by atoms with Gasteiger partial charge in [0, 0.05) is 23.4 Å². The maximum Gasteiger partial charge on any atom is 0.160 e. The summed E-state index contributed by atoms with van der Waals surface area (Å²) in [4.78, 5) is 3.06. The van der Waals surface area contributed by atoms with Crippen LogP contribution in [-0.4, -0.2) is 23.0 Å². The molecule has 4 rings (SSSR count). The standard InChI is InChI=1S/C19H17NO2S2/c21-18(9-12-11-24-19(23)20-12)22-10-17-15-7-3-1-5-13(15)14-6-2-4-8-16(14)17/h1-8,11,17-18,21H,9-10H2,(H,20,23). The van der Waals surface area contributed by atoms with Crippen molar-refractivity contribution in [2.24, 2.45) is 0 Å². The largest absolute Gasteiger partial charge is 0.368 e. The zero-order valence-corrected chi connectivity index (χ0v) is 14.6. The second-order valence-electron chi connectivity index (χ2n) is 5.89. The molecule has 24 heavy (non-hydrogen) atoms. The Bertz CT molecular complexity index is 870. The van der Waals surface area contributed by atoms with Crippen molar-refractivity contribution >= 4 is 23.6 Å². The van der Waals surface area contributed by atoms with Crippen LogP contribution in [0.5, 0.6) is 0 Å². The first-order valence-electron chi connectivity index (χ1n) is 7.87. The highest BCUT2D eigenvalue weighted by Crippen LogP contribution is 2.44. The van der Waals surface area contributed by atoms with Crippen LogP contribution in [0.4, 0.5) is 0 Å². The number of fused-ring (bicyclic) bond motifs is 3. The van der Waals surface area contributed by atoms with Crippen LogP contribution >= 0.6 is 23.6 Å². The van der Waals surface area contributed by atoms with Gasteiger partial charge in [-0.1, -0.05) is 48.5 Å². The first kappa shape index (κ1) is 15.7. The molecule has 1 aromatic heterocycles. The predicted octanol–water partition coefficient (Wildman–Crippen LogP) is 4.50. The van der Waals surface area contributed by atoms with Gasteiger partial charge in [0.05, 0.1) is 6.61 Å². The second-order valence-corrected chi connectivity index (χ2v) is 7.44. The van der Waals surface area contributed by atoms with Gasteiger partial charge >= 0.3 is 0 Å². The summed E-state index contributed by atoms with van der Waals surface area (Å²) in [6.45, 7) is 0.458. The van der Waals surface area contributed by atoms with Crippen LogP contribution in [-0.2, 0) is 11.2 Å². The summed E-state index contributed by atoms with van der Waals surface area (Å²) >= 11 is 6.53. The number of nitrogens with one attached hydrogen (secondary N) is 1. The molecule has 0 bridgehead atoms. The number of hydrogen-bond acceptors (Lipinski definition) is 4. The van der Waals surface area contributed by atoms with Gasteiger partial charge in [0.25, 0.3) is 0 Å². The van der Waals surface area contributed by atoms with Gasteiger partial charge in [-0.15, -0.1) is 11.3 Å². The number of aromatic amines is 1. The monoisotopic (exact) mass is 355 g/mol. The fourth-order valence-electron chi connectivity index (χ4n) is 3.31. The van der Waals surface area contributed by atoms with Crippen molar-refractivity contribution in [3.8, 4) is 11.1 Å². The highest BCUT2D eigenvalue weighted by atomic mass is 32.1. The van der Waals surface area contributed by atoms with E-state index in [2.05, 4.69) is 53.5 Å². The molecule has 1 aliphatic carbocycles. The van der Waals surface area contributed by atoms with E-state index in [1.807, 2.05) is 5.38 Å². The van der Waals surface area contributed by atoms with Gasteiger partial charge in [0.1, 0.15) is 0 Å². The summed E-state index contributed by atoms with van der Waals surface area (Å²) in [5.74, 6) is 0.160. The van der Waals surface area contributed by atoms with Crippen LogP contribution in [0, 0.1) is 3.95 Å². The van der Waals surface area contributed by atoms with Crippen LogP contribution in [0.25, 0.3) is 11.1 Å². The topological polar surface area (TPSA) is 45.2 Å². The molecular formula is C19H17NO2S2. The van der Waals surface area contributed by atoms with E-state index in [4.69, 9.17) is 17.0 Å². The zero-order chi connectivity index (χ0) is 16.5. The molecular weight excluding hydrogens is 338 g/mol. The van der Waals surface area contributed by atoms with Crippen LogP contribution in [0.15, 0.2) is 53.9 Å². The molecule has 1 aliphatic rings. The number of aromatic nitrogens is 1. The average Bonchev–Trinajstić information content (AvgIpc) is 3.14. The number of thiazole rings is 1. The number of aliphatic hydroxyl groups is 1. The van der Waals surface area contributed by atoms with Gasteiger partial charge in [-0.25, -0.2) is 0 Å². The molecule has 0 saturated heterocycles. The lowest BCUT2D eigenvalue weighted by Crippen LogP contribution is -2.19. The summed E-state index contributed by atoms with van der Waals surface area (Å²) < 4.78 is 6.48. The lowest BCUT2D eigenvalue weighted by molar-refractivity contribution is -0.0997. The van der Waals surface area contributed by atoms with Crippen LogP contribution in [0.1, 0.15) is 22.7 Å². The predicted molar refractivity (Wildman–Crippen MR) is 98.9 cm³/mol. The molecule has 122 valence electrons. The van der Waals surface area contributed by atoms with Crippen molar-refractivity contribution in [1.82, 2.24) is 4.98 Å². The van der Waals surface area contributed by atoms with Gasteiger partial charge in [-0.3, -0.25) is 0 Å². The average molecular weight is 355 g/mol. The Balaban J connectivity index is 1.51. The van der Waals surface area contributed by atoms with Crippen molar-refractivity contribution in [3.05, 3.63) is 74.7 Å². The summed E-state index contributed by atoms with van der Waals surface area (Å²) in [6.07, 6.45) is -0.423. The Hall–Kier alpha value is -1.79. The van der Waals surface area contributed by atoms with Crippen molar-refractivity contribution in [2.75, 3.05) is 6.61 Å². The summed E-state index contributed by atoms with van der Waals surface area (Å²) in [5, 5.41) is 12.1. The highest BCUT2D eigenvalue weighted by Gasteiger charge is 2.28. The SMILES string of the molecule is OC(Cc1csc(=S)[nH]1)OCC1c2ccccc2-c2ccccc21. The molecule has 3 nitrogen and oxygen atoms in total. The molecule has 0 aliphatic heterocycles. The highest BCUT2D eigenvalue weighted by molar-refractivity contribution is 7.73. The van der Waals surface area contributed by atoms with E-state index >= 15 is 0 Å². The molecule has 1 atom stereocenters. The van der Waals surface area contributed by atoms with Crippen LogP contribution in [0.2, 0.25) is 0 Å². The maximum atomic E-state index is 10.2. The first-order chi connectivity index (χ1) is 11.7. The van der Waals surface area contributed by atoms with E-state index < -0.39 is 6.29 Å². The van der Waals surface area contributed by atoms with E-state index in [1.165, 1.54) is 33.6 Å². The molecule has 3 aromatic rings. The van der Waals surface area contributed by atoms with E-state index in [-0.39, 0.29) is 5.92 Å². The molecule has 1 heterocycles. The molecule has 2 aromatic carbocycles. The lowest BCUT2D eigenvalue weighted by atomic mass is 9.98. The van der Waals surface area contributed by atoms with Gasteiger partial charge in [0.15, 0.2) is 10.2 Å². The van der Waals surface area contributed by atoms with Crippen molar-refractivity contribution < 1.29 is 9.84 Å². The Labute approximate surface area is 149 Å². The summed E-state index contributed by atoms with van der Waals surface area (Å²) in [7, 11) is 0. The second kappa shape index (κ2) is 6.61. The number of benzene rings is 2. The first-order valence-corrected chi connectivity index (χ1v) is 9.16. The minimum Gasteiger partial charge on any atom is -0.368 e. The molecule has 0 fully saturated rings. The quantitative estimate of drug-likeness (QED) is 0.523. The van der Waals surface area contributed by atoms with E-state index in [9.17, 15) is 5.11 Å². The van der Waals surface area contributed by atoms with Crippen molar-refractivity contribution in [2.45, 2.75) is 18.6 Å². The van der Waals surface area contributed by atoms with Gasteiger partial charge in [-0.05, 0) is 34.5 Å². The van der Waals surface area contributed by atoms with Crippen molar-refractivity contribution in [1.29, 1.82) is 0 Å². The molecule has 5 heteroatoms. The number of ether oxygens (including phenoxy) is 1. The molecule has 0 spiro atoms. The number of H-pyrrole nitrogens is 1. The van der Waals surface area contributed by atoms with E-state index in [0.29, 0.717) is 13.0 Å². The number of rotatable bonds is 5. The van der Waals surface area contributed by atoms with Gasteiger partial charge in [-0.2, -0.15) is 0 Å². The Morgan fingerprint density at radius 2 is 1.71 bits per heavy atom. The molecule has 0 amide bonds. The fraction of sp³-hybridized carbons (Fsp3) is 0.211. The molecule has 1 unspecified atom stereocenters. The van der Waals surface area contributed by atoms with Gasteiger partial charge < -0.3 is 14.8 Å². The van der Waals surface area contributed by atoms with Gasteiger partial charge in [0.2, 0.25) is 0 Å². The third kappa shape index (κ3) is 2.96. The summed E-state index contributed by atoms with van der Waals surface area (Å²) in [5.41, 5.74) is 5.96. The number of aliphatic hydroxyl groups excluding tert-OH is 1. The third-order valence-electron chi connectivity index (χ3n) is 4.38. The van der Waals surface area contributed by atoms with Crippen molar-refractivity contribution in [3.63, 3.8) is 0 Å². The van der Waals surface area contributed by atoms with E-state index in [0.717, 1.165) is 9.65 Å². The summed E-state index contributed by atoms with van der Waals surface area (Å²) in [6, 6.07) is 16.8. The molecule has 0 saturated carbocycles. The Morgan fingerprint density at radius 3 is 2.29 bits per heavy atom. The maximum absolute atomic E-state index is 10.2. The fourth-order valence-corrected chi connectivity index (χ4v) is 4.18. The Kier molecular flexibility index (Phi) is 4.33. The normalized spacial score (nSPS) is 14.4. The molecule has 0 radical (unpaired) electrons.